The van der Waals surface area contributed by atoms with Gasteiger partial charge in [-0.05, 0) is 28.1 Å². The van der Waals surface area contributed by atoms with Crippen molar-refractivity contribution in [3.05, 3.63) is 22.7 Å². The Morgan fingerprint density at radius 1 is 1.24 bits per heavy atom. The summed E-state index contributed by atoms with van der Waals surface area (Å²) >= 11 is 3.24. The molecule has 0 atom stereocenters. The minimum absolute atomic E-state index is 0.299. The van der Waals surface area contributed by atoms with E-state index in [-0.39, 0.29) is 5.75 Å². The average Bonchev–Trinajstić information content (AvgIpc) is 2.42. The van der Waals surface area contributed by atoms with Gasteiger partial charge in [-0.2, -0.15) is 0 Å². The fourth-order valence-corrected chi connectivity index (χ4v) is 2.26. The van der Waals surface area contributed by atoms with E-state index in [0.717, 1.165) is 13.1 Å². The molecule has 1 aliphatic heterocycles. The van der Waals surface area contributed by atoms with E-state index in [1.54, 1.807) is 0 Å². The van der Waals surface area contributed by atoms with Gasteiger partial charge < -0.3 is 14.2 Å². The van der Waals surface area contributed by atoms with Gasteiger partial charge in [0.25, 0.3) is 0 Å². The number of nitrogens with zero attached hydrogens (tertiary/aromatic N) is 1. The Bertz CT molecular complexity index is 464. The van der Waals surface area contributed by atoms with Crippen LogP contribution in [0.1, 0.15) is 0 Å². The molecule has 0 spiro atoms. The second-order valence-electron chi connectivity index (χ2n) is 4.44. The van der Waals surface area contributed by atoms with Crippen LogP contribution >= 0.6 is 15.9 Å². The van der Waals surface area contributed by atoms with Crippen molar-refractivity contribution in [1.29, 1.82) is 0 Å². The molecule has 0 N–H and O–H groups in total. The first-order valence-corrected chi connectivity index (χ1v) is 7.21. The van der Waals surface area contributed by atoms with E-state index in [4.69, 9.17) is 9.47 Å². The average molecular weight is 370 g/mol. The van der Waals surface area contributed by atoms with Gasteiger partial charge in [0.1, 0.15) is 18.1 Å². The molecule has 8 heteroatoms. The van der Waals surface area contributed by atoms with Crippen molar-refractivity contribution in [2.75, 3.05) is 39.5 Å². The van der Waals surface area contributed by atoms with E-state index >= 15 is 0 Å². The van der Waals surface area contributed by atoms with Crippen LogP contribution in [-0.2, 0) is 4.74 Å². The molecule has 21 heavy (non-hydrogen) atoms. The molecular formula is C13H15BrF3NO3. The van der Waals surface area contributed by atoms with Crippen molar-refractivity contribution < 1.29 is 27.4 Å². The summed E-state index contributed by atoms with van der Waals surface area (Å²) in [5.41, 5.74) is 0. The molecule has 1 fully saturated rings. The Morgan fingerprint density at radius 2 is 1.95 bits per heavy atom. The van der Waals surface area contributed by atoms with Crippen molar-refractivity contribution in [2.45, 2.75) is 6.36 Å². The van der Waals surface area contributed by atoms with Crippen LogP contribution in [0.25, 0.3) is 0 Å². The Balaban J connectivity index is 1.87. The van der Waals surface area contributed by atoms with Crippen LogP contribution in [0.5, 0.6) is 11.5 Å². The third-order valence-electron chi connectivity index (χ3n) is 2.91. The number of benzene rings is 1. The Labute approximate surface area is 128 Å². The van der Waals surface area contributed by atoms with Crippen LogP contribution < -0.4 is 9.47 Å². The Kier molecular flexibility index (Phi) is 5.72. The van der Waals surface area contributed by atoms with Gasteiger partial charge >= 0.3 is 6.36 Å². The summed E-state index contributed by atoms with van der Waals surface area (Å²) in [6.45, 7) is 4.13. The Morgan fingerprint density at radius 3 is 2.62 bits per heavy atom. The van der Waals surface area contributed by atoms with Crippen LogP contribution in [0.4, 0.5) is 13.2 Å². The molecule has 2 rings (SSSR count). The predicted octanol–water partition coefficient (Wildman–Crippen LogP) is 3.06. The SMILES string of the molecule is FC(F)(F)Oc1ccc(Br)c(OCCN2CCOCC2)c1. The molecule has 0 radical (unpaired) electrons. The first-order valence-electron chi connectivity index (χ1n) is 6.42. The van der Waals surface area contributed by atoms with Gasteiger partial charge in [0.15, 0.2) is 0 Å². The molecule has 0 aliphatic carbocycles. The highest BCUT2D eigenvalue weighted by atomic mass is 79.9. The van der Waals surface area contributed by atoms with Crippen molar-refractivity contribution in [3.8, 4) is 11.5 Å². The molecule has 1 heterocycles. The van der Waals surface area contributed by atoms with E-state index in [2.05, 4.69) is 25.6 Å². The fraction of sp³-hybridized carbons (Fsp3) is 0.538. The summed E-state index contributed by atoms with van der Waals surface area (Å²) in [5.74, 6) is 0.0251. The number of alkyl halides is 3. The summed E-state index contributed by atoms with van der Waals surface area (Å²) in [6.07, 6.45) is -4.71. The first-order chi connectivity index (χ1) is 9.94. The predicted molar refractivity (Wildman–Crippen MR) is 73.6 cm³/mol. The molecule has 0 amide bonds. The van der Waals surface area contributed by atoms with Crippen molar-refractivity contribution in [1.82, 2.24) is 4.90 Å². The van der Waals surface area contributed by atoms with Crippen molar-refractivity contribution >= 4 is 15.9 Å². The second kappa shape index (κ2) is 7.33. The molecule has 0 bridgehead atoms. The zero-order valence-corrected chi connectivity index (χ0v) is 12.7. The topological polar surface area (TPSA) is 30.9 Å². The second-order valence-corrected chi connectivity index (χ2v) is 5.30. The zero-order chi connectivity index (χ0) is 15.3. The van der Waals surface area contributed by atoms with Crippen LogP contribution in [0.15, 0.2) is 22.7 Å². The van der Waals surface area contributed by atoms with E-state index < -0.39 is 6.36 Å². The number of hydrogen-bond donors (Lipinski definition) is 0. The lowest BCUT2D eigenvalue weighted by molar-refractivity contribution is -0.274. The van der Waals surface area contributed by atoms with Crippen LogP contribution in [-0.4, -0.2) is 50.7 Å². The normalized spacial score (nSPS) is 16.8. The number of hydrogen-bond acceptors (Lipinski definition) is 4. The smallest absolute Gasteiger partial charge is 0.491 e. The van der Waals surface area contributed by atoms with Gasteiger partial charge in [0, 0.05) is 25.7 Å². The minimum atomic E-state index is -4.71. The summed E-state index contributed by atoms with van der Waals surface area (Å²) < 4.78 is 51.7. The molecule has 1 aromatic rings. The third-order valence-corrected chi connectivity index (χ3v) is 3.56. The summed E-state index contributed by atoms with van der Waals surface area (Å²) in [4.78, 5) is 2.17. The highest BCUT2D eigenvalue weighted by Crippen LogP contribution is 2.32. The Hall–Kier alpha value is -0.990. The minimum Gasteiger partial charge on any atom is -0.491 e. The maximum Gasteiger partial charge on any atom is 0.573 e. The molecule has 0 unspecified atom stereocenters. The van der Waals surface area contributed by atoms with E-state index in [0.29, 0.717) is 36.6 Å². The van der Waals surface area contributed by atoms with E-state index in [9.17, 15) is 13.2 Å². The summed E-state index contributed by atoms with van der Waals surface area (Å²) in [5, 5.41) is 0. The molecule has 118 valence electrons. The zero-order valence-electron chi connectivity index (χ0n) is 11.2. The highest BCUT2D eigenvalue weighted by molar-refractivity contribution is 9.10. The maximum atomic E-state index is 12.2. The van der Waals surface area contributed by atoms with Gasteiger partial charge in [0.05, 0.1) is 17.7 Å². The molecule has 4 nitrogen and oxygen atoms in total. The molecule has 1 saturated heterocycles. The van der Waals surface area contributed by atoms with Gasteiger partial charge in [0.2, 0.25) is 0 Å². The number of rotatable bonds is 5. The standard InChI is InChI=1S/C13H15BrF3NO3/c14-11-2-1-10(21-13(15,16)17)9-12(11)20-8-5-18-3-6-19-7-4-18/h1-2,9H,3-8H2. The summed E-state index contributed by atoms with van der Waals surface area (Å²) in [6, 6.07) is 3.91. The van der Waals surface area contributed by atoms with Crippen LogP contribution in [0.2, 0.25) is 0 Å². The largest absolute Gasteiger partial charge is 0.573 e. The van der Waals surface area contributed by atoms with Gasteiger partial charge in [-0.15, -0.1) is 13.2 Å². The van der Waals surface area contributed by atoms with Crippen molar-refractivity contribution in [3.63, 3.8) is 0 Å². The number of ether oxygens (including phenoxy) is 3. The monoisotopic (exact) mass is 369 g/mol. The highest BCUT2D eigenvalue weighted by Gasteiger charge is 2.31. The quantitative estimate of drug-likeness (QED) is 0.798. The lowest BCUT2D eigenvalue weighted by Gasteiger charge is -2.26. The van der Waals surface area contributed by atoms with Gasteiger partial charge in [-0.25, -0.2) is 0 Å². The summed E-state index contributed by atoms with van der Waals surface area (Å²) in [7, 11) is 0. The molecule has 1 aromatic carbocycles. The van der Waals surface area contributed by atoms with Gasteiger partial charge in [-0.3, -0.25) is 4.90 Å². The number of halogens is 4. The van der Waals surface area contributed by atoms with Gasteiger partial charge in [-0.1, -0.05) is 0 Å². The van der Waals surface area contributed by atoms with E-state index in [1.807, 2.05) is 0 Å². The molecule has 0 aromatic heterocycles. The number of morpholine rings is 1. The maximum absolute atomic E-state index is 12.2. The van der Waals surface area contributed by atoms with Crippen LogP contribution in [0.3, 0.4) is 0 Å². The van der Waals surface area contributed by atoms with E-state index in [1.165, 1.54) is 18.2 Å². The van der Waals surface area contributed by atoms with Crippen molar-refractivity contribution in [2.24, 2.45) is 0 Å². The first kappa shape index (κ1) is 16.4. The lowest BCUT2D eigenvalue weighted by Crippen LogP contribution is -2.38. The molecule has 1 aliphatic rings. The molecule has 0 saturated carbocycles. The lowest BCUT2D eigenvalue weighted by atomic mass is 10.3. The van der Waals surface area contributed by atoms with Crippen LogP contribution in [0, 0.1) is 0 Å². The molecular weight excluding hydrogens is 355 g/mol. The fourth-order valence-electron chi connectivity index (χ4n) is 1.90. The third kappa shape index (κ3) is 5.72.